The molecule has 1 saturated heterocycles. The number of ether oxygens (including phenoxy) is 1. The fraction of sp³-hybridized carbons (Fsp3) is 0.500. The number of aromatic nitrogens is 3. The summed E-state index contributed by atoms with van der Waals surface area (Å²) in [5, 5.41) is 4.21. The lowest BCUT2D eigenvalue weighted by atomic mass is 9.81. The molecule has 4 heterocycles. The lowest BCUT2D eigenvalue weighted by Crippen LogP contribution is -2.44. The molecule has 1 aliphatic carbocycles. The zero-order valence-electron chi connectivity index (χ0n) is 15.3. The summed E-state index contributed by atoms with van der Waals surface area (Å²) in [5.74, 6) is 0.603. The van der Waals surface area contributed by atoms with E-state index in [1.54, 1.807) is 11.3 Å². The van der Waals surface area contributed by atoms with Crippen molar-refractivity contribution in [1.82, 2.24) is 18.8 Å². The van der Waals surface area contributed by atoms with Crippen molar-refractivity contribution in [2.45, 2.75) is 37.6 Å². The lowest BCUT2D eigenvalue weighted by Gasteiger charge is -2.38. The first-order chi connectivity index (χ1) is 13.3. The van der Waals surface area contributed by atoms with Crippen LogP contribution in [-0.4, -0.2) is 51.2 Å². The summed E-state index contributed by atoms with van der Waals surface area (Å²) in [6, 6.07) is 3.05. The Morgan fingerprint density at radius 2 is 1.93 bits per heavy atom. The van der Waals surface area contributed by atoms with E-state index in [1.165, 1.54) is 31.2 Å². The van der Waals surface area contributed by atoms with E-state index in [0.29, 0.717) is 5.92 Å². The third-order valence-electron chi connectivity index (χ3n) is 6.04. The smallest absolute Gasteiger partial charge is 0.150 e. The standard InChI is InChI=1S/C20H24N4OS2/c26-24-13-18(20-21-5-10-27-20)17-11-15(12-22-19(17)24)14-1-3-16(4-2-14)23-6-8-25-9-7-23/h5,10-14,16,26H,1-4,6-9H2/t14-,16+. The van der Waals surface area contributed by atoms with Crippen LogP contribution in [0.15, 0.2) is 30.0 Å². The van der Waals surface area contributed by atoms with Gasteiger partial charge in [0.05, 0.1) is 13.2 Å². The third-order valence-corrected chi connectivity index (χ3v) is 7.15. The Hall–Kier alpha value is -1.41. The van der Waals surface area contributed by atoms with Crippen LogP contribution in [0.2, 0.25) is 0 Å². The predicted octanol–water partition coefficient (Wildman–Crippen LogP) is 4.21. The molecule has 2 fully saturated rings. The minimum atomic E-state index is 0.603. The average molecular weight is 401 g/mol. The Bertz CT molecular complexity index is 910. The molecule has 0 atom stereocenters. The van der Waals surface area contributed by atoms with Gasteiger partial charge in [0.25, 0.3) is 0 Å². The second-order valence-corrected chi connectivity index (χ2v) is 8.84. The lowest BCUT2D eigenvalue weighted by molar-refractivity contribution is 0.00729. The number of thiazole rings is 1. The Kier molecular flexibility index (Phi) is 4.94. The molecule has 0 spiro atoms. The van der Waals surface area contributed by atoms with E-state index in [-0.39, 0.29) is 0 Å². The molecule has 27 heavy (non-hydrogen) atoms. The van der Waals surface area contributed by atoms with Crippen molar-refractivity contribution in [3.8, 4) is 10.6 Å². The first-order valence-electron chi connectivity index (χ1n) is 9.71. The van der Waals surface area contributed by atoms with Crippen LogP contribution in [0.3, 0.4) is 0 Å². The first kappa shape index (κ1) is 17.7. The maximum Gasteiger partial charge on any atom is 0.150 e. The van der Waals surface area contributed by atoms with E-state index in [2.05, 4.69) is 35.0 Å². The minimum absolute atomic E-state index is 0.603. The summed E-state index contributed by atoms with van der Waals surface area (Å²) in [5.41, 5.74) is 3.40. The molecule has 0 bridgehead atoms. The molecule has 142 valence electrons. The van der Waals surface area contributed by atoms with Gasteiger partial charge < -0.3 is 4.74 Å². The van der Waals surface area contributed by atoms with Crippen LogP contribution in [0.4, 0.5) is 0 Å². The highest BCUT2D eigenvalue weighted by atomic mass is 32.1. The number of hydrogen-bond acceptors (Lipinski definition) is 6. The molecule has 1 saturated carbocycles. The highest BCUT2D eigenvalue weighted by Crippen LogP contribution is 2.38. The molecule has 0 amide bonds. The van der Waals surface area contributed by atoms with Crippen LogP contribution in [0, 0.1) is 0 Å². The van der Waals surface area contributed by atoms with Crippen LogP contribution < -0.4 is 0 Å². The van der Waals surface area contributed by atoms with Gasteiger partial charge in [-0.3, -0.25) is 8.87 Å². The van der Waals surface area contributed by atoms with Gasteiger partial charge in [0.1, 0.15) is 10.7 Å². The van der Waals surface area contributed by atoms with Gasteiger partial charge in [-0.25, -0.2) is 9.97 Å². The van der Waals surface area contributed by atoms with Gasteiger partial charge in [0.2, 0.25) is 0 Å². The number of nitrogens with zero attached hydrogens (tertiary/aromatic N) is 4. The molecule has 0 aromatic carbocycles. The van der Waals surface area contributed by atoms with Crippen molar-refractivity contribution in [3.63, 3.8) is 0 Å². The summed E-state index contributed by atoms with van der Waals surface area (Å²) in [7, 11) is 0. The van der Waals surface area contributed by atoms with Gasteiger partial charge in [-0.15, -0.1) is 11.3 Å². The Morgan fingerprint density at radius 1 is 1.11 bits per heavy atom. The number of thiol groups is 1. The first-order valence-corrected chi connectivity index (χ1v) is 11.0. The van der Waals surface area contributed by atoms with Crippen LogP contribution in [0.1, 0.15) is 37.2 Å². The normalized spacial score (nSPS) is 24.5. The quantitative estimate of drug-likeness (QED) is 0.669. The van der Waals surface area contributed by atoms with Crippen LogP contribution in [-0.2, 0) is 4.74 Å². The number of pyridine rings is 1. The van der Waals surface area contributed by atoms with E-state index < -0.39 is 0 Å². The highest BCUT2D eigenvalue weighted by Gasteiger charge is 2.28. The van der Waals surface area contributed by atoms with Gasteiger partial charge in [-0.2, -0.15) is 0 Å². The van der Waals surface area contributed by atoms with E-state index in [0.717, 1.165) is 53.9 Å². The van der Waals surface area contributed by atoms with Gasteiger partial charge in [0, 0.05) is 54.1 Å². The summed E-state index contributed by atoms with van der Waals surface area (Å²) in [6.45, 7) is 3.96. The molecule has 3 aromatic heterocycles. The molecule has 1 aliphatic heterocycles. The summed E-state index contributed by atoms with van der Waals surface area (Å²) in [4.78, 5) is 11.8. The fourth-order valence-corrected chi connectivity index (χ4v) is 5.51. The molecule has 0 N–H and O–H groups in total. The Morgan fingerprint density at radius 3 is 2.67 bits per heavy atom. The van der Waals surface area contributed by atoms with Crippen LogP contribution >= 0.6 is 24.2 Å². The monoisotopic (exact) mass is 400 g/mol. The fourth-order valence-electron chi connectivity index (χ4n) is 4.57. The van der Waals surface area contributed by atoms with Crippen LogP contribution in [0.25, 0.3) is 21.6 Å². The number of morpholine rings is 1. The molecule has 7 heteroatoms. The third kappa shape index (κ3) is 3.42. The summed E-state index contributed by atoms with van der Waals surface area (Å²) in [6.07, 6.45) is 11.0. The number of hydrogen-bond donors (Lipinski definition) is 1. The molecular formula is C20H24N4OS2. The topological polar surface area (TPSA) is 43.2 Å². The van der Waals surface area contributed by atoms with Crippen molar-refractivity contribution < 1.29 is 4.74 Å². The second kappa shape index (κ2) is 7.54. The van der Waals surface area contributed by atoms with Crippen molar-refractivity contribution in [3.05, 3.63) is 35.6 Å². The van der Waals surface area contributed by atoms with Crippen LogP contribution in [0.5, 0.6) is 0 Å². The predicted molar refractivity (Wildman–Crippen MR) is 113 cm³/mol. The number of rotatable bonds is 3. The van der Waals surface area contributed by atoms with Crippen molar-refractivity contribution >= 4 is 35.2 Å². The van der Waals surface area contributed by atoms with E-state index in [4.69, 9.17) is 9.72 Å². The molecule has 5 rings (SSSR count). The maximum absolute atomic E-state index is 5.50. The van der Waals surface area contributed by atoms with Crippen molar-refractivity contribution in [1.29, 1.82) is 0 Å². The zero-order chi connectivity index (χ0) is 18.2. The average Bonchev–Trinajstić information content (AvgIpc) is 3.37. The van der Waals surface area contributed by atoms with Crippen molar-refractivity contribution in [2.75, 3.05) is 26.3 Å². The Labute approximate surface area is 168 Å². The van der Waals surface area contributed by atoms with E-state index >= 15 is 0 Å². The van der Waals surface area contributed by atoms with E-state index in [9.17, 15) is 0 Å². The minimum Gasteiger partial charge on any atom is -0.379 e. The molecule has 2 aliphatic rings. The van der Waals surface area contributed by atoms with E-state index in [1.807, 2.05) is 21.7 Å². The molecule has 5 nitrogen and oxygen atoms in total. The summed E-state index contributed by atoms with van der Waals surface area (Å²) < 4.78 is 7.31. The van der Waals surface area contributed by atoms with Gasteiger partial charge in [-0.1, -0.05) is 12.8 Å². The Balaban J connectivity index is 1.37. The summed E-state index contributed by atoms with van der Waals surface area (Å²) >= 11 is 6.21. The molecule has 0 unspecified atom stereocenters. The largest absolute Gasteiger partial charge is 0.379 e. The molecule has 3 aromatic rings. The van der Waals surface area contributed by atoms with Gasteiger partial charge in [-0.05, 0) is 43.2 Å². The molecular weight excluding hydrogens is 376 g/mol. The maximum atomic E-state index is 5.50. The highest BCUT2D eigenvalue weighted by molar-refractivity contribution is 7.78. The van der Waals surface area contributed by atoms with Gasteiger partial charge in [0.15, 0.2) is 0 Å². The SMILES string of the molecule is Sn1cc(-c2nccs2)c2cc([C@H]3CC[C@@H](N4CCOCC4)CC3)cnc21. The zero-order valence-corrected chi connectivity index (χ0v) is 17.0. The number of fused-ring (bicyclic) bond motifs is 1. The second-order valence-electron chi connectivity index (χ2n) is 7.52. The van der Waals surface area contributed by atoms with Crippen molar-refractivity contribution in [2.24, 2.45) is 0 Å². The molecule has 0 radical (unpaired) electrons. The van der Waals surface area contributed by atoms with Gasteiger partial charge >= 0.3 is 0 Å².